The van der Waals surface area contributed by atoms with E-state index in [2.05, 4.69) is 10.3 Å². The lowest BCUT2D eigenvalue weighted by Crippen LogP contribution is -2.31. The highest BCUT2D eigenvalue weighted by Gasteiger charge is 2.25. The normalized spacial score (nSPS) is 17.9. The summed E-state index contributed by atoms with van der Waals surface area (Å²) in [4.78, 5) is 29.3. The quantitative estimate of drug-likeness (QED) is 0.553. The highest BCUT2D eigenvalue weighted by atomic mass is 32.2. The van der Waals surface area contributed by atoms with Crippen LogP contribution in [-0.4, -0.2) is 41.0 Å². The molecule has 2 heterocycles. The van der Waals surface area contributed by atoms with Gasteiger partial charge in [-0.1, -0.05) is 11.8 Å². The zero-order valence-electron chi connectivity index (χ0n) is 16.5. The van der Waals surface area contributed by atoms with Gasteiger partial charge in [-0.25, -0.2) is 4.79 Å². The van der Waals surface area contributed by atoms with Crippen LogP contribution in [0.2, 0.25) is 0 Å². The highest BCUT2D eigenvalue weighted by Crippen LogP contribution is 2.30. The molecule has 1 aliphatic carbocycles. The molecule has 1 fully saturated rings. The van der Waals surface area contributed by atoms with Gasteiger partial charge in [0.1, 0.15) is 10.8 Å². The largest absolute Gasteiger partial charge is 0.497 e. The van der Waals surface area contributed by atoms with Crippen LogP contribution in [0.4, 0.5) is 5.69 Å². The van der Waals surface area contributed by atoms with Gasteiger partial charge in [0.05, 0.1) is 25.5 Å². The molecule has 1 atom stereocenters. The van der Waals surface area contributed by atoms with Crippen LogP contribution in [0.15, 0.2) is 34.1 Å². The summed E-state index contributed by atoms with van der Waals surface area (Å²) in [6.45, 7) is 1.35. The molecule has 0 spiro atoms. The number of fused-ring (bicyclic) bond motifs is 1. The maximum atomic E-state index is 12.7. The van der Waals surface area contributed by atoms with Crippen molar-refractivity contribution in [3.05, 3.63) is 46.0 Å². The summed E-state index contributed by atoms with van der Waals surface area (Å²) in [5, 5.41) is 3.55. The lowest BCUT2D eigenvalue weighted by molar-refractivity contribution is -0.113. The Hall–Kier alpha value is -2.32. The molecule has 1 amide bonds. The fourth-order valence-corrected chi connectivity index (χ4v) is 4.77. The molecule has 154 valence electrons. The van der Waals surface area contributed by atoms with E-state index in [1.165, 1.54) is 11.8 Å². The van der Waals surface area contributed by atoms with Crippen LogP contribution in [0.5, 0.6) is 5.75 Å². The van der Waals surface area contributed by atoms with E-state index in [-0.39, 0.29) is 23.5 Å². The number of carbonyl (C=O) groups is 1. The van der Waals surface area contributed by atoms with E-state index in [1.807, 2.05) is 0 Å². The van der Waals surface area contributed by atoms with Crippen LogP contribution in [0.3, 0.4) is 0 Å². The second-order valence-electron chi connectivity index (χ2n) is 7.29. The van der Waals surface area contributed by atoms with Crippen molar-refractivity contribution in [1.29, 1.82) is 0 Å². The van der Waals surface area contributed by atoms with Gasteiger partial charge in [-0.15, -0.1) is 0 Å². The summed E-state index contributed by atoms with van der Waals surface area (Å²) in [7, 11) is 1.60. The number of benzene rings is 1. The third-order valence-corrected chi connectivity index (χ3v) is 6.34. The lowest BCUT2D eigenvalue weighted by Gasteiger charge is -2.17. The molecule has 1 aromatic carbocycles. The van der Waals surface area contributed by atoms with Crippen molar-refractivity contribution in [1.82, 2.24) is 9.55 Å². The van der Waals surface area contributed by atoms with Gasteiger partial charge in [-0.2, -0.15) is 4.98 Å². The maximum Gasteiger partial charge on any atom is 0.348 e. The highest BCUT2D eigenvalue weighted by molar-refractivity contribution is 8.00. The number of hydrogen-bond acceptors (Lipinski definition) is 6. The monoisotopic (exact) mass is 415 g/mol. The van der Waals surface area contributed by atoms with Gasteiger partial charge < -0.3 is 14.8 Å². The molecular weight excluding hydrogens is 390 g/mol. The lowest BCUT2D eigenvalue weighted by atomic mass is 10.2. The van der Waals surface area contributed by atoms with Crippen molar-refractivity contribution >= 4 is 23.4 Å². The van der Waals surface area contributed by atoms with Gasteiger partial charge in [-0.05, 0) is 56.4 Å². The third kappa shape index (κ3) is 4.64. The summed E-state index contributed by atoms with van der Waals surface area (Å²) < 4.78 is 12.6. The molecule has 1 unspecified atom stereocenters. The minimum Gasteiger partial charge on any atom is -0.497 e. The van der Waals surface area contributed by atoms with Crippen molar-refractivity contribution in [2.75, 3.05) is 24.8 Å². The van der Waals surface area contributed by atoms with E-state index < -0.39 is 0 Å². The Labute approximate surface area is 173 Å². The Kier molecular flexibility index (Phi) is 6.20. The topological polar surface area (TPSA) is 82.5 Å². The molecule has 1 N–H and O–H groups in total. The number of aromatic nitrogens is 2. The van der Waals surface area contributed by atoms with E-state index in [9.17, 15) is 9.59 Å². The van der Waals surface area contributed by atoms with E-state index in [1.54, 1.807) is 35.9 Å². The van der Waals surface area contributed by atoms with Crippen LogP contribution in [0, 0.1) is 0 Å². The Morgan fingerprint density at radius 2 is 2.14 bits per heavy atom. The number of rotatable bonds is 7. The molecule has 2 aliphatic rings. The van der Waals surface area contributed by atoms with E-state index in [4.69, 9.17) is 9.47 Å². The van der Waals surface area contributed by atoms with Crippen LogP contribution >= 0.6 is 11.8 Å². The van der Waals surface area contributed by atoms with Crippen molar-refractivity contribution in [2.45, 2.75) is 49.8 Å². The number of nitrogens with one attached hydrogen (secondary N) is 1. The van der Waals surface area contributed by atoms with E-state index in [0.29, 0.717) is 17.3 Å². The number of carbonyl (C=O) groups excluding carboxylic acids is 1. The summed E-state index contributed by atoms with van der Waals surface area (Å²) in [6, 6.07) is 7.18. The molecule has 8 heteroatoms. The summed E-state index contributed by atoms with van der Waals surface area (Å²) in [5.74, 6) is 0.818. The van der Waals surface area contributed by atoms with Crippen LogP contribution in [0.1, 0.15) is 30.5 Å². The zero-order chi connectivity index (χ0) is 20.2. The molecule has 0 radical (unpaired) electrons. The molecule has 0 bridgehead atoms. The van der Waals surface area contributed by atoms with Crippen LogP contribution < -0.4 is 15.7 Å². The van der Waals surface area contributed by atoms with Crippen molar-refractivity contribution in [3.63, 3.8) is 0 Å². The predicted molar refractivity (Wildman–Crippen MR) is 112 cm³/mol. The number of methoxy groups -OCH3 is 1. The average Bonchev–Trinajstić information content (AvgIpc) is 3.41. The van der Waals surface area contributed by atoms with Gasteiger partial charge in [0.25, 0.3) is 0 Å². The third-order valence-electron chi connectivity index (χ3n) is 5.32. The molecule has 0 saturated carbocycles. The first kappa shape index (κ1) is 20.0. The Balaban J connectivity index is 1.43. The molecule has 1 saturated heterocycles. The van der Waals surface area contributed by atoms with Crippen molar-refractivity contribution in [2.24, 2.45) is 0 Å². The number of nitrogens with zero attached hydrogens (tertiary/aromatic N) is 2. The van der Waals surface area contributed by atoms with Crippen molar-refractivity contribution in [3.8, 4) is 5.75 Å². The minimum atomic E-state index is -0.237. The first-order valence-corrected chi connectivity index (χ1v) is 10.9. The summed E-state index contributed by atoms with van der Waals surface area (Å²) in [5.41, 5.74) is 2.66. The fourth-order valence-electron chi connectivity index (χ4n) is 3.89. The van der Waals surface area contributed by atoms with Gasteiger partial charge in [0.2, 0.25) is 5.91 Å². The molecule has 29 heavy (non-hydrogen) atoms. The molecule has 7 nitrogen and oxygen atoms in total. The van der Waals surface area contributed by atoms with Crippen LogP contribution in [0.25, 0.3) is 0 Å². The molecular formula is C21H25N3O4S. The maximum absolute atomic E-state index is 12.7. The number of hydrogen-bond donors (Lipinski definition) is 1. The van der Waals surface area contributed by atoms with Crippen LogP contribution in [-0.2, 0) is 28.9 Å². The first-order chi connectivity index (χ1) is 14.1. The Morgan fingerprint density at radius 3 is 2.86 bits per heavy atom. The van der Waals surface area contributed by atoms with E-state index >= 15 is 0 Å². The van der Waals surface area contributed by atoms with Crippen molar-refractivity contribution < 1.29 is 14.3 Å². The molecule has 1 aromatic heterocycles. The Bertz CT molecular complexity index is 936. The minimum absolute atomic E-state index is 0.105. The molecule has 1 aliphatic heterocycles. The zero-order valence-corrected chi connectivity index (χ0v) is 17.3. The molecule has 2 aromatic rings. The second kappa shape index (κ2) is 9.00. The van der Waals surface area contributed by atoms with Gasteiger partial charge >= 0.3 is 5.69 Å². The SMILES string of the molecule is COc1ccc(NC(=O)CSc2nc(=O)n(CC3CCCO3)c3c2CCC3)cc1. The molecule has 4 rings (SSSR count). The Morgan fingerprint density at radius 1 is 1.31 bits per heavy atom. The second-order valence-corrected chi connectivity index (χ2v) is 8.25. The standard InChI is InChI=1S/C21H25N3O4S/c1-27-15-9-7-14(8-10-15)22-19(25)13-29-20-17-5-2-6-18(17)24(21(26)23-20)12-16-4-3-11-28-16/h7-10,16H,2-6,11-13H2,1H3,(H,22,25). The number of ether oxygens (including phenoxy) is 2. The van der Waals surface area contributed by atoms with Gasteiger partial charge in [-0.3, -0.25) is 9.36 Å². The van der Waals surface area contributed by atoms with E-state index in [0.717, 1.165) is 55.7 Å². The summed E-state index contributed by atoms with van der Waals surface area (Å²) in [6.07, 6.45) is 4.93. The first-order valence-electron chi connectivity index (χ1n) is 9.95. The number of amides is 1. The van der Waals surface area contributed by atoms with Gasteiger partial charge in [0, 0.05) is 23.6 Å². The summed E-state index contributed by atoms with van der Waals surface area (Å²) >= 11 is 1.33. The number of thioether (sulfide) groups is 1. The predicted octanol–water partition coefficient (Wildman–Crippen LogP) is 2.65. The fraction of sp³-hybridized carbons (Fsp3) is 0.476. The van der Waals surface area contributed by atoms with Gasteiger partial charge in [0.15, 0.2) is 0 Å². The average molecular weight is 416 g/mol. The smallest absolute Gasteiger partial charge is 0.348 e. The number of anilines is 1.